The Bertz CT molecular complexity index is 1280. The first-order valence-corrected chi connectivity index (χ1v) is 11.0. The number of halogens is 3. The first-order chi connectivity index (χ1) is 15.4. The molecule has 0 radical (unpaired) electrons. The summed E-state index contributed by atoms with van der Waals surface area (Å²) in [4.78, 5) is 38.9. The van der Waals surface area contributed by atoms with E-state index >= 15 is 0 Å². The highest BCUT2D eigenvalue weighted by Crippen LogP contribution is 2.24. The highest BCUT2D eigenvalue weighted by molar-refractivity contribution is 6.36. The van der Waals surface area contributed by atoms with Crippen molar-refractivity contribution in [3.05, 3.63) is 90.8 Å². The fraction of sp³-hybridized carbons (Fsp3) is 0.217. The van der Waals surface area contributed by atoms with Crippen LogP contribution < -0.4 is 10.9 Å². The molecule has 0 fully saturated rings. The summed E-state index contributed by atoms with van der Waals surface area (Å²) >= 11 is 18.1. The zero-order valence-corrected chi connectivity index (χ0v) is 20.6. The van der Waals surface area contributed by atoms with E-state index in [0.29, 0.717) is 21.4 Å². The maximum Gasteiger partial charge on any atom is 0.294 e. The number of aryl methyl sites for hydroxylation is 1. The molecule has 2 amide bonds. The lowest BCUT2D eigenvalue weighted by molar-refractivity contribution is 0.0356. The number of hydrazine groups is 1. The Labute approximate surface area is 205 Å². The third-order valence-corrected chi connectivity index (χ3v) is 5.44. The minimum Gasteiger partial charge on any atom is -0.287 e. The summed E-state index contributed by atoms with van der Waals surface area (Å²) in [6.45, 7) is 6.87. The minimum absolute atomic E-state index is 0.134. The van der Waals surface area contributed by atoms with E-state index in [1.54, 1.807) is 52.0 Å². The summed E-state index contributed by atoms with van der Waals surface area (Å²) in [6, 6.07) is 12.5. The quantitative estimate of drug-likeness (QED) is 0.501. The molecule has 0 atom stereocenters. The van der Waals surface area contributed by atoms with Crippen LogP contribution in [0.2, 0.25) is 15.1 Å². The van der Waals surface area contributed by atoms with E-state index in [2.05, 4.69) is 10.5 Å². The van der Waals surface area contributed by atoms with Crippen molar-refractivity contribution in [1.29, 1.82) is 0 Å². The van der Waals surface area contributed by atoms with Gasteiger partial charge in [0.1, 0.15) is 0 Å². The van der Waals surface area contributed by atoms with Crippen LogP contribution in [0.5, 0.6) is 0 Å². The molecule has 172 valence electrons. The van der Waals surface area contributed by atoms with Gasteiger partial charge in [-0.25, -0.2) is 9.69 Å². The third kappa shape index (κ3) is 5.55. The van der Waals surface area contributed by atoms with E-state index in [0.717, 1.165) is 5.01 Å². The van der Waals surface area contributed by atoms with Gasteiger partial charge in [0.25, 0.3) is 11.8 Å². The van der Waals surface area contributed by atoms with Crippen LogP contribution >= 0.6 is 34.8 Å². The van der Waals surface area contributed by atoms with Crippen molar-refractivity contribution in [3.8, 4) is 5.69 Å². The van der Waals surface area contributed by atoms with Crippen molar-refractivity contribution in [2.45, 2.75) is 33.2 Å². The van der Waals surface area contributed by atoms with Crippen LogP contribution in [0.4, 0.5) is 0 Å². The number of carbonyl (C=O) groups is 2. The van der Waals surface area contributed by atoms with Gasteiger partial charge in [0.2, 0.25) is 5.43 Å². The third-order valence-electron chi connectivity index (χ3n) is 4.64. The van der Waals surface area contributed by atoms with Gasteiger partial charge in [-0.1, -0.05) is 34.8 Å². The molecule has 0 spiro atoms. The second-order valence-electron chi connectivity index (χ2n) is 8.26. The van der Waals surface area contributed by atoms with E-state index in [1.807, 2.05) is 0 Å². The van der Waals surface area contributed by atoms with Gasteiger partial charge >= 0.3 is 0 Å². The fourth-order valence-corrected chi connectivity index (χ4v) is 3.62. The van der Waals surface area contributed by atoms with Gasteiger partial charge in [0, 0.05) is 21.8 Å². The zero-order chi connectivity index (χ0) is 24.5. The number of nitrogens with one attached hydrogen (secondary N) is 1. The Morgan fingerprint density at radius 2 is 1.58 bits per heavy atom. The van der Waals surface area contributed by atoms with Crippen molar-refractivity contribution in [2.24, 2.45) is 0 Å². The Morgan fingerprint density at radius 3 is 2.15 bits per heavy atom. The van der Waals surface area contributed by atoms with E-state index in [-0.39, 0.29) is 16.3 Å². The van der Waals surface area contributed by atoms with Crippen LogP contribution in [-0.2, 0) is 0 Å². The molecule has 3 rings (SSSR count). The van der Waals surface area contributed by atoms with Crippen molar-refractivity contribution >= 4 is 46.6 Å². The van der Waals surface area contributed by atoms with Crippen LogP contribution in [0.3, 0.4) is 0 Å². The molecule has 7 nitrogen and oxygen atoms in total. The van der Waals surface area contributed by atoms with E-state index in [1.165, 1.54) is 28.9 Å². The lowest BCUT2D eigenvalue weighted by Gasteiger charge is -2.35. The largest absolute Gasteiger partial charge is 0.294 e. The maximum atomic E-state index is 13.2. The van der Waals surface area contributed by atoms with Crippen molar-refractivity contribution < 1.29 is 9.59 Å². The van der Waals surface area contributed by atoms with Crippen molar-refractivity contribution in [2.75, 3.05) is 0 Å². The van der Waals surface area contributed by atoms with E-state index in [4.69, 9.17) is 34.8 Å². The number of rotatable bonds is 3. The highest BCUT2D eigenvalue weighted by atomic mass is 35.5. The molecule has 0 aliphatic rings. The second kappa shape index (κ2) is 9.55. The average Bonchev–Trinajstić information content (AvgIpc) is 2.71. The molecule has 0 aliphatic heterocycles. The molecule has 0 bridgehead atoms. The highest BCUT2D eigenvalue weighted by Gasteiger charge is 2.32. The maximum absolute atomic E-state index is 13.2. The summed E-state index contributed by atoms with van der Waals surface area (Å²) < 4.78 is 1.45. The topological polar surface area (TPSA) is 84.3 Å². The Morgan fingerprint density at radius 1 is 0.970 bits per heavy atom. The first-order valence-electron chi connectivity index (χ1n) is 9.86. The van der Waals surface area contributed by atoms with E-state index in [9.17, 15) is 14.4 Å². The number of hydrogen-bond donors (Lipinski definition) is 1. The number of aromatic nitrogens is 2. The number of benzene rings is 2. The molecule has 1 aromatic heterocycles. The Hall–Kier alpha value is -2.87. The summed E-state index contributed by atoms with van der Waals surface area (Å²) in [5.41, 5.74) is 1.99. The number of hydrogen-bond acceptors (Lipinski definition) is 4. The Kier molecular flexibility index (Phi) is 7.17. The van der Waals surface area contributed by atoms with Crippen molar-refractivity contribution in [3.63, 3.8) is 0 Å². The average molecular weight is 508 g/mol. The lowest BCUT2D eigenvalue weighted by Crippen LogP contribution is -2.56. The van der Waals surface area contributed by atoms with Gasteiger partial charge < -0.3 is 0 Å². The summed E-state index contributed by atoms with van der Waals surface area (Å²) in [7, 11) is 0. The normalized spacial score (nSPS) is 11.2. The van der Waals surface area contributed by atoms with Crippen LogP contribution in [0.25, 0.3) is 5.69 Å². The molecule has 0 saturated heterocycles. The summed E-state index contributed by atoms with van der Waals surface area (Å²) in [6.07, 6.45) is 0. The van der Waals surface area contributed by atoms with Gasteiger partial charge in [-0.05, 0) is 70.2 Å². The van der Waals surface area contributed by atoms with Gasteiger partial charge in [-0.3, -0.25) is 19.8 Å². The SMILES string of the molecule is Cc1cc(=O)c(C(=O)NN(C(=O)c2ccc(Cl)cc2Cl)C(C)(C)C)nn1-c1ccc(Cl)cc1. The Balaban J connectivity index is 1.99. The monoisotopic (exact) mass is 506 g/mol. The second-order valence-corrected chi connectivity index (χ2v) is 9.54. The predicted molar refractivity (Wildman–Crippen MR) is 129 cm³/mol. The fourth-order valence-electron chi connectivity index (χ4n) is 3.01. The molecule has 1 N–H and O–H groups in total. The molecular formula is C23H21Cl3N4O3. The lowest BCUT2D eigenvalue weighted by atomic mass is 10.1. The molecule has 33 heavy (non-hydrogen) atoms. The van der Waals surface area contributed by atoms with Crippen LogP contribution in [0, 0.1) is 6.92 Å². The number of nitrogens with zero attached hydrogens (tertiary/aromatic N) is 3. The molecule has 0 saturated carbocycles. The van der Waals surface area contributed by atoms with E-state index < -0.39 is 22.8 Å². The van der Waals surface area contributed by atoms with Gasteiger partial charge in [-0.15, -0.1) is 0 Å². The predicted octanol–water partition coefficient (Wildman–Crippen LogP) is 5.09. The molecule has 0 unspecified atom stereocenters. The van der Waals surface area contributed by atoms with Gasteiger partial charge in [0.05, 0.1) is 21.8 Å². The molecule has 0 aliphatic carbocycles. The van der Waals surface area contributed by atoms with Crippen LogP contribution in [-0.4, -0.2) is 32.1 Å². The zero-order valence-electron chi connectivity index (χ0n) is 18.3. The van der Waals surface area contributed by atoms with Crippen LogP contribution in [0.1, 0.15) is 47.3 Å². The van der Waals surface area contributed by atoms with Gasteiger partial charge in [0.15, 0.2) is 5.69 Å². The summed E-state index contributed by atoms with van der Waals surface area (Å²) in [5.74, 6) is -1.40. The standard InChI is InChI=1S/C23H21Cl3N4O3/c1-13-11-19(31)20(27-29(13)16-8-5-14(24)6-9-16)21(32)28-30(23(2,3)4)22(33)17-10-7-15(25)12-18(17)26/h5-12H,1-4H3,(H,28,32). The van der Waals surface area contributed by atoms with Gasteiger partial charge in [-0.2, -0.15) is 5.10 Å². The molecule has 3 aromatic rings. The smallest absolute Gasteiger partial charge is 0.287 e. The molecular weight excluding hydrogens is 487 g/mol. The summed E-state index contributed by atoms with van der Waals surface area (Å²) in [5, 5.41) is 6.39. The number of carbonyl (C=O) groups excluding carboxylic acids is 2. The first kappa shape index (κ1) is 24.8. The van der Waals surface area contributed by atoms with Crippen molar-refractivity contribution in [1.82, 2.24) is 20.2 Å². The minimum atomic E-state index is -0.852. The number of amides is 2. The molecule has 10 heteroatoms. The van der Waals surface area contributed by atoms with Crippen LogP contribution in [0.15, 0.2) is 53.3 Å². The molecule has 1 heterocycles. The molecule has 2 aromatic carbocycles.